The molecule has 0 fully saturated rings. The summed E-state index contributed by atoms with van der Waals surface area (Å²) in [4.78, 5) is 24.8. The third-order valence-corrected chi connectivity index (χ3v) is 4.26. The molecule has 122 valence electrons. The smallest absolute Gasteiger partial charge is 0.311 e. The van der Waals surface area contributed by atoms with Crippen molar-refractivity contribution in [3.63, 3.8) is 0 Å². The van der Waals surface area contributed by atoms with E-state index in [-0.39, 0.29) is 24.0 Å². The molecule has 0 aliphatic rings. The fourth-order valence-electron chi connectivity index (χ4n) is 2.99. The van der Waals surface area contributed by atoms with E-state index in [0.717, 1.165) is 10.9 Å². The first-order valence-electron chi connectivity index (χ1n) is 7.86. The molecule has 24 heavy (non-hydrogen) atoms. The summed E-state index contributed by atoms with van der Waals surface area (Å²) in [5.74, 6) is -0.362. The van der Waals surface area contributed by atoms with Crippen LogP contribution in [0.2, 0.25) is 0 Å². The highest BCUT2D eigenvalue weighted by atomic mass is 16.5. The lowest BCUT2D eigenvalue weighted by atomic mass is 10.0. The van der Waals surface area contributed by atoms with E-state index in [2.05, 4.69) is 0 Å². The van der Waals surface area contributed by atoms with Crippen molar-refractivity contribution in [1.29, 1.82) is 0 Å². The van der Waals surface area contributed by atoms with Gasteiger partial charge in [-0.05, 0) is 30.0 Å². The van der Waals surface area contributed by atoms with Crippen molar-refractivity contribution in [3.05, 3.63) is 82.3 Å². The SMILES string of the molecule is COC(=O)Cc1cc2ccccc2c(=O)n1C(C)c1ccccc1. The van der Waals surface area contributed by atoms with Gasteiger partial charge in [0.25, 0.3) is 5.56 Å². The normalized spacial score (nSPS) is 12.1. The maximum Gasteiger partial charge on any atom is 0.311 e. The van der Waals surface area contributed by atoms with Crippen LogP contribution in [-0.2, 0) is 16.0 Å². The van der Waals surface area contributed by atoms with Crippen LogP contribution in [0.4, 0.5) is 0 Å². The van der Waals surface area contributed by atoms with E-state index in [4.69, 9.17) is 4.74 Å². The fourth-order valence-corrected chi connectivity index (χ4v) is 2.99. The molecule has 0 saturated heterocycles. The van der Waals surface area contributed by atoms with Crippen molar-refractivity contribution in [2.75, 3.05) is 7.11 Å². The highest BCUT2D eigenvalue weighted by molar-refractivity contribution is 5.83. The Morgan fingerprint density at radius 1 is 1.08 bits per heavy atom. The third-order valence-electron chi connectivity index (χ3n) is 4.26. The van der Waals surface area contributed by atoms with Crippen LogP contribution in [0.3, 0.4) is 0 Å². The van der Waals surface area contributed by atoms with Gasteiger partial charge in [0, 0.05) is 11.1 Å². The van der Waals surface area contributed by atoms with Gasteiger partial charge in [-0.25, -0.2) is 0 Å². The molecule has 1 aromatic heterocycles. The van der Waals surface area contributed by atoms with E-state index in [0.29, 0.717) is 11.1 Å². The number of carbonyl (C=O) groups is 1. The number of carbonyl (C=O) groups excluding carboxylic acids is 1. The van der Waals surface area contributed by atoms with Crippen LogP contribution in [0.25, 0.3) is 10.8 Å². The third kappa shape index (κ3) is 2.95. The lowest BCUT2D eigenvalue weighted by Crippen LogP contribution is -2.28. The van der Waals surface area contributed by atoms with Gasteiger partial charge in [-0.15, -0.1) is 0 Å². The molecule has 0 amide bonds. The van der Waals surface area contributed by atoms with Gasteiger partial charge in [0.15, 0.2) is 0 Å². The first-order valence-corrected chi connectivity index (χ1v) is 7.86. The van der Waals surface area contributed by atoms with Crippen molar-refractivity contribution in [2.24, 2.45) is 0 Å². The van der Waals surface area contributed by atoms with Crippen LogP contribution in [0.15, 0.2) is 65.5 Å². The second kappa shape index (κ2) is 6.71. The molecule has 0 bridgehead atoms. The number of ether oxygens (including phenoxy) is 1. The number of pyridine rings is 1. The lowest BCUT2D eigenvalue weighted by molar-refractivity contribution is -0.139. The number of hydrogen-bond donors (Lipinski definition) is 0. The first kappa shape index (κ1) is 16.0. The van der Waals surface area contributed by atoms with Crippen molar-refractivity contribution >= 4 is 16.7 Å². The average molecular weight is 321 g/mol. The molecule has 1 unspecified atom stereocenters. The van der Waals surface area contributed by atoms with E-state index in [9.17, 15) is 9.59 Å². The monoisotopic (exact) mass is 321 g/mol. The van der Waals surface area contributed by atoms with E-state index in [1.807, 2.05) is 67.6 Å². The Kier molecular flexibility index (Phi) is 4.47. The zero-order valence-corrected chi connectivity index (χ0v) is 13.7. The highest BCUT2D eigenvalue weighted by Gasteiger charge is 2.18. The molecular formula is C20H19NO3. The number of rotatable bonds is 4. The summed E-state index contributed by atoms with van der Waals surface area (Å²) in [6, 6.07) is 18.9. The summed E-state index contributed by atoms with van der Waals surface area (Å²) in [5, 5.41) is 1.48. The Balaban J connectivity index is 2.23. The van der Waals surface area contributed by atoms with Crippen molar-refractivity contribution in [1.82, 2.24) is 4.57 Å². The molecule has 3 rings (SSSR count). The highest BCUT2D eigenvalue weighted by Crippen LogP contribution is 2.21. The molecule has 1 atom stereocenters. The fraction of sp³-hybridized carbons (Fsp3) is 0.200. The lowest BCUT2D eigenvalue weighted by Gasteiger charge is -2.21. The second-order valence-electron chi connectivity index (χ2n) is 5.74. The molecule has 0 aliphatic heterocycles. The van der Waals surface area contributed by atoms with E-state index >= 15 is 0 Å². The summed E-state index contributed by atoms with van der Waals surface area (Å²) in [6.45, 7) is 1.96. The summed E-state index contributed by atoms with van der Waals surface area (Å²) in [7, 11) is 1.35. The van der Waals surface area contributed by atoms with Gasteiger partial charge in [-0.1, -0.05) is 48.5 Å². The number of methoxy groups -OCH3 is 1. The quantitative estimate of drug-likeness (QED) is 0.693. The number of hydrogen-bond acceptors (Lipinski definition) is 3. The second-order valence-corrected chi connectivity index (χ2v) is 5.74. The number of benzene rings is 2. The molecule has 4 heteroatoms. The molecule has 2 aromatic carbocycles. The maximum atomic E-state index is 13.0. The molecule has 0 spiro atoms. The molecule has 3 aromatic rings. The van der Waals surface area contributed by atoms with Crippen LogP contribution in [0.5, 0.6) is 0 Å². The molecule has 4 nitrogen and oxygen atoms in total. The van der Waals surface area contributed by atoms with Gasteiger partial charge >= 0.3 is 5.97 Å². The standard InChI is InChI=1S/C20H19NO3/c1-14(15-8-4-3-5-9-15)21-17(13-19(22)24-2)12-16-10-6-7-11-18(16)20(21)23/h3-12,14H,13H2,1-2H3. The van der Waals surface area contributed by atoms with Crippen LogP contribution in [-0.4, -0.2) is 17.6 Å². The van der Waals surface area contributed by atoms with Gasteiger partial charge in [0.2, 0.25) is 0 Å². The Bertz CT molecular complexity index is 929. The van der Waals surface area contributed by atoms with Crippen LogP contribution >= 0.6 is 0 Å². The summed E-state index contributed by atoms with van der Waals surface area (Å²) in [6.07, 6.45) is 0.0632. The Morgan fingerprint density at radius 2 is 1.75 bits per heavy atom. The minimum atomic E-state index is -0.362. The minimum Gasteiger partial charge on any atom is -0.469 e. The molecule has 0 radical (unpaired) electrons. The molecule has 1 heterocycles. The van der Waals surface area contributed by atoms with Crippen molar-refractivity contribution in [3.8, 4) is 0 Å². The average Bonchev–Trinajstić information content (AvgIpc) is 2.62. The maximum absolute atomic E-state index is 13.0. The van der Waals surface area contributed by atoms with Gasteiger partial charge in [-0.2, -0.15) is 0 Å². The van der Waals surface area contributed by atoms with Gasteiger partial charge in [0.1, 0.15) is 0 Å². The van der Waals surface area contributed by atoms with E-state index in [1.54, 1.807) is 4.57 Å². The Hall–Kier alpha value is -2.88. The minimum absolute atomic E-state index is 0.0632. The van der Waals surface area contributed by atoms with Gasteiger partial charge in [0.05, 0.1) is 19.6 Å². The zero-order chi connectivity index (χ0) is 17.1. The van der Waals surface area contributed by atoms with E-state index < -0.39 is 0 Å². The Labute approximate surface area is 140 Å². The summed E-state index contributed by atoms with van der Waals surface area (Å²) < 4.78 is 6.48. The Morgan fingerprint density at radius 3 is 2.46 bits per heavy atom. The predicted molar refractivity (Wildman–Crippen MR) is 94.2 cm³/mol. The zero-order valence-electron chi connectivity index (χ0n) is 13.7. The number of nitrogens with zero attached hydrogens (tertiary/aromatic N) is 1. The molecule has 0 aliphatic carbocycles. The van der Waals surface area contributed by atoms with Crippen LogP contribution < -0.4 is 5.56 Å². The predicted octanol–water partition coefficient (Wildman–Crippen LogP) is 3.33. The number of aromatic nitrogens is 1. The van der Waals surface area contributed by atoms with Gasteiger partial charge in [-0.3, -0.25) is 9.59 Å². The largest absolute Gasteiger partial charge is 0.469 e. The van der Waals surface area contributed by atoms with Crippen molar-refractivity contribution in [2.45, 2.75) is 19.4 Å². The first-order chi connectivity index (χ1) is 11.6. The topological polar surface area (TPSA) is 48.3 Å². The van der Waals surface area contributed by atoms with Gasteiger partial charge < -0.3 is 9.30 Å². The molecule has 0 saturated carbocycles. The molecule has 0 N–H and O–H groups in total. The summed E-state index contributed by atoms with van der Waals surface area (Å²) >= 11 is 0. The van der Waals surface area contributed by atoms with Crippen LogP contribution in [0.1, 0.15) is 24.2 Å². The number of fused-ring (bicyclic) bond motifs is 1. The molecular weight excluding hydrogens is 302 g/mol. The van der Waals surface area contributed by atoms with Crippen LogP contribution in [0, 0.1) is 0 Å². The van der Waals surface area contributed by atoms with E-state index in [1.165, 1.54) is 7.11 Å². The summed E-state index contributed by atoms with van der Waals surface area (Å²) in [5.41, 5.74) is 1.58. The van der Waals surface area contributed by atoms with Crippen molar-refractivity contribution < 1.29 is 9.53 Å². The number of esters is 1.